The highest BCUT2D eigenvalue weighted by Crippen LogP contribution is 2.18. The summed E-state index contributed by atoms with van der Waals surface area (Å²) in [6, 6.07) is 7.69. The van der Waals surface area contributed by atoms with E-state index in [1.54, 1.807) is 22.0 Å². The molecule has 0 saturated carbocycles. The van der Waals surface area contributed by atoms with Crippen LogP contribution in [-0.4, -0.2) is 50.7 Å². The minimum Gasteiger partial charge on any atom is -0.396 e. The SMILES string of the molecule is CC(NC(=O)N1CCC(CO)C1)c1ccc(-n2ccnn2)cc1. The Morgan fingerprint density at radius 1 is 1.43 bits per heavy atom. The number of aliphatic hydroxyl groups excluding tert-OH is 1. The monoisotopic (exact) mass is 315 g/mol. The van der Waals surface area contributed by atoms with Crippen LogP contribution >= 0.6 is 0 Å². The molecule has 1 aromatic heterocycles. The molecule has 2 N–H and O–H groups in total. The van der Waals surface area contributed by atoms with Gasteiger partial charge >= 0.3 is 6.03 Å². The number of urea groups is 1. The molecule has 2 unspecified atom stereocenters. The lowest BCUT2D eigenvalue weighted by molar-refractivity contribution is 0.195. The maximum Gasteiger partial charge on any atom is 0.317 e. The minimum absolute atomic E-state index is 0.0752. The summed E-state index contributed by atoms with van der Waals surface area (Å²) < 4.78 is 1.69. The zero-order chi connectivity index (χ0) is 16.2. The number of aliphatic hydroxyl groups is 1. The van der Waals surface area contributed by atoms with Crippen LogP contribution in [0.25, 0.3) is 5.69 Å². The lowest BCUT2D eigenvalue weighted by Crippen LogP contribution is -2.39. The van der Waals surface area contributed by atoms with Crippen molar-refractivity contribution in [1.82, 2.24) is 25.2 Å². The van der Waals surface area contributed by atoms with Gasteiger partial charge in [-0.1, -0.05) is 17.3 Å². The second-order valence-electron chi connectivity index (χ2n) is 5.89. The summed E-state index contributed by atoms with van der Waals surface area (Å²) in [7, 11) is 0. The predicted octanol–water partition coefficient (Wildman–Crippen LogP) is 1.35. The average Bonchev–Trinajstić information content (AvgIpc) is 3.26. The van der Waals surface area contributed by atoms with Crippen LogP contribution < -0.4 is 5.32 Å². The number of nitrogens with zero attached hydrogens (tertiary/aromatic N) is 4. The maximum absolute atomic E-state index is 12.3. The fraction of sp³-hybridized carbons (Fsp3) is 0.438. The topological polar surface area (TPSA) is 83.3 Å². The Balaban J connectivity index is 1.60. The molecule has 1 aromatic carbocycles. The van der Waals surface area contributed by atoms with Gasteiger partial charge in [0, 0.05) is 25.6 Å². The summed E-state index contributed by atoms with van der Waals surface area (Å²) in [5, 5.41) is 19.9. The number of carbonyl (C=O) groups is 1. The number of hydrogen-bond donors (Lipinski definition) is 2. The Bertz CT molecular complexity index is 641. The van der Waals surface area contributed by atoms with Crippen molar-refractivity contribution in [2.24, 2.45) is 5.92 Å². The third kappa shape index (κ3) is 3.50. The maximum atomic E-state index is 12.3. The number of rotatable bonds is 4. The Morgan fingerprint density at radius 2 is 2.22 bits per heavy atom. The summed E-state index contributed by atoms with van der Waals surface area (Å²) in [5.74, 6) is 0.206. The van der Waals surface area contributed by atoms with E-state index >= 15 is 0 Å². The molecule has 1 aliphatic heterocycles. The van der Waals surface area contributed by atoms with Crippen molar-refractivity contribution in [3.8, 4) is 5.69 Å². The Kier molecular flexibility index (Phi) is 4.57. The fourth-order valence-electron chi connectivity index (χ4n) is 2.79. The van der Waals surface area contributed by atoms with Crippen LogP contribution in [0, 0.1) is 5.92 Å². The van der Waals surface area contributed by atoms with Crippen LogP contribution in [-0.2, 0) is 0 Å². The molecule has 1 fully saturated rings. The van der Waals surface area contributed by atoms with E-state index < -0.39 is 0 Å². The number of aromatic nitrogens is 3. The summed E-state index contributed by atoms with van der Waals surface area (Å²) in [5.41, 5.74) is 1.95. The second-order valence-corrected chi connectivity index (χ2v) is 5.89. The zero-order valence-electron chi connectivity index (χ0n) is 13.1. The van der Waals surface area contributed by atoms with E-state index in [1.807, 2.05) is 31.2 Å². The lowest BCUT2D eigenvalue weighted by Gasteiger charge is -2.21. The van der Waals surface area contributed by atoms with E-state index in [-0.39, 0.29) is 24.6 Å². The highest BCUT2D eigenvalue weighted by molar-refractivity contribution is 5.75. The third-order valence-corrected chi connectivity index (χ3v) is 4.25. The number of carbonyl (C=O) groups excluding carboxylic acids is 1. The van der Waals surface area contributed by atoms with Gasteiger partial charge in [0.1, 0.15) is 0 Å². The van der Waals surface area contributed by atoms with Gasteiger partial charge in [0.2, 0.25) is 0 Å². The number of benzene rings is 1. The van der Waals surface area contributed by atoms with E-state index in [9.17, 15) is 4.79 Å². The molecule has 2 atom stereocenters. The molecule has 2 amide bonds. The summed E-state index contributed by atoms with van der Waals surface area (Å²) >= 11 is 0. The summed E-state index contributed by atoms with van der Waals surface area (Å²) in [4.78, 5) is 14.0. The van der Waals surface area contributed by atoms with Crippen molar-refractivity contribution < 1.29 is 9.90 Å². The molecule has 0 spiro atoms. The zero-order valence-corrected chi connectivity index (χ0v) is 13.1. The fourth-order valence-corrected chi connectivity index (χ4v) is 2.79. The molecule has 3 rings (SSSR count). The van der Waals surface area contributed by atoms with E-state index in [4.69, 9.17) is 5.11 Å². The van der Waals surface area contributed by atoms with Crippen LogP contribution in [0.5, 0.6) is 0 Å². The Morgan fingerprint density at radius 3 is 2.83 bits per heavy atom. The first-order valence-electron chi connectivity index (χ1n) is 7.80. The molecule has 23 heavy (non-hydrogen) atoms. The number of amides is 2. The third-order valence-electron chi connectivity index (χ3n) is 4.25. The highest BCUT2D eigenvalue weighted by Gasteiger charge is 2.26. The van der Waals surface area contributed by atoms with Crippen molar-refractivity contribution in [3.05, 3.63) is 42.2 Å². The van der Waals surface area contributed by atoms with Gasteiger partial charge in [0.05, 0.1) is 24.1 Å². The van der Waals surface area contributed by atoms with Gasteiger partial charge in [-0.3, -0.25) is 0 Å². The first-order chi connectivity index (χ1) is 11.2. The standard InChI is InChI=1S/C16H21N5O2/c1-12(18-16(23)20-8-6-13(10-20)11-22)14-2-4-15(5-3-14)21-9-7-17-19-21/h2-5,7,9,12-13,22H,6,8,10-11H2,1H3,(H,18,23). The van der Waals surface area contributed by atoms with Gasteiger partial charge in [-0.05, 0) is 31.0 Å². The number of likely N-dealkylation sites (tertiary alicyclic amines) is 1. The molecule has 122 valence electrons. The molecule has 0 radical (unpaired) electrons. The van der Waals surface area contributed by atoms with E-state index in [0.29, 0.717) is 13.1 Å². The van der Waals surface area contributed by atoms with Gasteiger partial charge in [-0.25, -0.2) is 9.48 Å². The molecule has 2 aromatic rings. The van der Waals surface area contributed by atoms with Gasteiger partial charge in [-0.2, -0.15) is 0 Å². The first-order valence-corrected chi connectivity index (χ1v) is 7.80. The van der Waals surface area contributed by atoms with Gasteiger partial charge in [-0.15, -0.1) is 5.10 Å². The first kappa shape index (κ1) is 15.5. The van der Waals surface area contributed by atoms with E-state index in [1.165, 1.54) is 0 Å². The van der Waals surface area contributed by atoms with Crippen LogP contribution in [0.1, 0.15) is 24.9 Å². The largest absolute Gasteiger partial charge is 0.396 e. The molecule has 7 heteroatoms. The molecule has 7 nitrogen and oxygen atoms in total. The highest BCUT2D eigenvalue weighted by atomic mass is 16.3. The van der Waals surface area contributed by atoms with Crippen LogP contribution in [0.3, 0.4) is 0 Å². The molecule has 2 heterocycles. The van der Waals surface area contributed by atoms with Crippen molar-refractivity contribution in [1.29, 1.82) is 0 Å². The van der Waals surface area contributed by atoms with Crippen molar-refractivity contribution in [2.75, 3.05) is 19.7 Å². The van der Waals surface area contributed by atoms with E-state index in [0.717, 1.165) is 17.7 Å². The predicted molar refractivity (Wildman–Crippen MR) is 85.1 cm³/mol. The van der Waals surface area contributed by atoms with Crippen molar-refractivity contribution in [2.45, 2.75) is 19.4 Å². The molecule has 1 saturated heterocycles. The molecule has 0 aliphatic carbocycles. The molecule has 1 aliphatic rings. The number of hydrogen-bond acceptors (Lipinski definition) is 4. The molecular weight excluding hydrogens is 294 g/mol. The quantitative estimate of drug-likeness (QED) is 0.892. The molecule has 0 bridgehead atoms. The van der Waals surface area contributed by atoms with Crippen LogP contribution in [0.2, 0.25) is 0 Å². The lowest BCUT2D eigenvalue weighted by atomic mass is 10.1. The number of nitrogens with one attached hydrogen (secondary N) is 1. The summed E-state index contributed by atoms with van der Waals surface area (Å²) in [6.07, 6.45) is 4.28. The second kappa shape index (κ2) is 6.78. The van der Waals surface area contributed by atoms with Crippen LogP contribution in [0.15, 0.2) is 36.7 Å². The smallest absolute Gasteiger partial charge is 0.317 e. The van der Waals surface area contributed by atoms with E-state index in [2.05, 4.69) is 15.6 Å². The van der Waals surface area contributed by atoms with Gasteiger partial charge < -0.3 is 15.3 Å². The summed E-state index contributed by atoms with van der Waals surface area (Å²) in [6.45, 7) is 3.43. The Hall–Kier alpha value is -2.41. The van der Waals surface area contributed by atoms with Crippen molar-refractivity contribution >= 4 is 6.03 Å². The normalized spacial score (nSPS) is 18.9. The van der Waals surface area contributed by atoms with Gasteiger partial charge in [0.25, 0.3) is 0 Å². The van der Waals surface area contributed by atoms with Crippen LogP contribution in [0.4, 0.5) is 4.79 Å². The minimum atomic E-state index is -0.0829. The molecular formula is C16H21N5O2. The van der Waals surface area contributed by atoms with Gasteiger partial charge in [0.15, 0.2) is 0 Å². The Labute approximate surface area is 134 Å². The van der Waals surface area contributed by atoms with Crippen molar-refractivity contribution in [3.63, 3.8) is 0 Å². The average molecular weight is 315 g/mol.